The van der Waals surface area contributed by atoms with Crippen LogP contribution < -0.4 is 0 Å². The van der Waals surface area contributed by atoms with Gasteiger partial charge in [0.25, 0.3) is 0 Å². The van der Waals surface area contributed by atoms with Crippen LogP contribution in [0.5, 0.6) is 0 Å². The van der Waals surface area contributed by atoms with Gasteiger partial charge in [-0.15, -0.1) is 0 Å². The molecule has 41 heavy (non-hydrogen) atoms. The van der Waals surface area contributed by atoms with Gasteiger partial charge in [0.05, 0.1) is 15.5 Å². The molecule has 6 heteroatoms. The number of carbonyl (C=O) groups excluding carboxylic acids is 3. The van der Waals surface area contributed by atoms with E-state index in [0.717, 1.165) is 44.9 Å². The van der Waals surface area contributed by atoms with Crippen LogP contribution in [0.4, 0.5) is 0 Å². The third-order valence-electron chi connectivity index (χ3n) is 11.7. The molecule has 0 aliphatic heterocycles. The summed E-state index contributed by atoms with van der Waals surface area (Å²) in [7, 11) is 0. The summed E-state index contributed by atoms with van der Waals surface area (Å²) in [6.07, 6.45) is 6.62. The van der Waals surface area contributed by atoms with Gasteiger partial charge in [-0.3, -0.25) is 4.79 Å². The highest BCUT2D eigenvalue weighted by atomic mass is 79.9. The summed E-state index contributed by atoms with van der Waals surface area (Å²) in [5.41, 5.74) is 0.770. The molecule has 2 aromatic carbocycles. The maximum absolute atomic E-state index is 14.4. The van der Waals surface area contributed by atoms with Crippen molar-refractivity contribution < 1.29 is 23.9 Å². The lowest BCUT2D eigenvalue weighted by Gasteiger charge is -2.64. The number of hydrogen-bond acceptors (Lipinski definition) is 5. The van der Waals surface area contributed by atoms with Crippen molar-refractivity contribution in [2.75, 3.05) is 0 Å². The zero-order valence-electron chi connectivity index (χ0n) is 24.3. The Balaban J connectivity index is 1.18. The number of benzene rings is 2. The fourth-order valence-electron chi connectivity index (χ4n) is 9.54. The molecular weight excluding hydrogens is 580 g/mol. The van der Waals surface area contributed by atoms with Crippen LogP contribution in [0.15, 0.2) is 60.7 Å². The first-order valence-electron chi connectivity index (χ1n) is 15.3. The van der Waals surface area contributed by atoms with E-state index in [0.29, 0.717) is 35.2 Å². The van der Waals surface area contributed by atoms with Gasteiger partial charge in [0.1, 0.15) is 12.2 Å². The zero-order chi connectivity index (χ0) is 29.0. The van der Waals surface area contributed by atoms with Gasteiger partial charge in [0.15, 0.2) is 5.78 Å². The maximum Gasteiger partial charge on any atom is 0.338 e. The van der Waals surface area contributed by atoms with Crippen molar-refractivity contribution in [3.05, 3.63) is 71.8 Å². The second kappa shape index (κ2) is 10.7. The van der Waals surface area contributed by atoms with E-state index in [-0.39, 0.29) is 46.8 Å². The minimum Gasteiger partial charge on any atom is -0.459 e. The third-order valence-corrected chi connectivity index (χ3v) is 13.6. The molecule has 218 valence electrons. The van der Waals surface area contributed by atoms with Crippen molar-refractivity contribution in [3.8, 4) is 0 Å². The predicted octanol–water partition coefficient (Wildman–Crippen LogP) is 7.81. The molecule has 0 radical (unpaired) electrons. The molecule has 0 saturated heterocycles. The first-order chi connectivity index (χ1) is 19.6. The number of rotatable bonds is 5. The van der Waals surface area contributed by atoms with Gasteiger partial charge in [0, 0.05) is 12.3 Å². The summed E-state index contributed by atoms with van der Waals surface area (Å²) in [5.74, 6) is 0.873. The van der Waals surface area contributed by atoms with Crippen LogP contribution in [0.3, 0.4) is 0 Å². The molecule has 4 aliphatic rings. The van der Waals surface area contributed by atoms with Crippen molar-refractivity contribution in [1.82, 2.24) is 0 Å². The van der Waals surface area contributed by atoms with Crippen molar-refractivity contribution in [1.29, 1.82) is 0 Å². The lowest BCUT2D eigenvalue weighted by atomic mass is 9.44. The van der Waals surface area contributed by atoms with E-state index in [2.05, 4.69) is 29.8 Å². The summed E-state index contributed by atoms with van der Waals surface area (Å²) in [5, 5.41) is 0. The van der Waals surface area contributed by atoms with E-state index >= 15 is 0 Å². The Labute approximate surface area is 251 Å². The second-order valence-electron chi connectivity index (χ2n) is 13.6. The summed E-state index contributed by atoms with van der Waals surface area (Å²) in [6, 6.07) is 18.4. The topological polar surface area (TPSA) is 69.7 Å². The molecule has 4 fully saturated rings. The monoisotopic (exact) mass is 620 g/mol. The molecule has 0 bridgehead atoms. The van der Waals surface area contributed by atoms with Gasteiger partial charge < -0.3 is 9.47 Å². The van der Waals surface area contributed by atoms with Gasteiger partial charge >= 0.3 is 11.9 Å². The number of Topliss-reactive ketones (excluding diaryl/α,β-unsaturated/α-hetero) is 1. The highest BCUT2D eigenvalue weighted by molar-refractivity contribution is 9.10. The Kier molecular flexibility index (Phi) is 7.45. The number of halogens is 1. The molecule has 9 atom stereocenters. The number of hydrogen-bond donors (Lipinski definition) is 0. The summed E-state index contributed by atoms with van der Waals surface area (Å²) in [4.78, 5) is 40.0. The number of ketones is 1. The first kappa shape index (κ1) is 28.6. The van der Waals surface area contributed by atoms with Gasteiger partial charge in [-0.25, -0.2) is 9.59 Å². The van der Waals surface area contributed by atoms with E-state index in [1.807, 2.05) is 43.3 Å². The Morgan fingerprint density at radius 3 is 2.12 bits per heavy atom. The van der Waals surface area contributed by atoms with Crippen molar-refractivity contribution in [2.45, 2.75) is 88.7 Å². The normalized spacial score (nSPS) is 38.6. The molecule has 0 amide bonds. The van der Waals surface area contributed by atoms with E-state index in [9.17, 15) is 14.4 Å². The standard InChI is InChI=1S/C35H41BrO5/c1-22(40-31(38)23-10-6-4-7-11-23)27-16-17-28-29-15-14-25-20-26(41-32(39)24-12-8-5-9-13-24)18-19-34(25,3)35(29,36)30(37)21-33(27,28)2/h4-13,22,25-29H,14-21H2,1-3H3/t22?,25?,26-,27?,28?,29?,33?,34?,35+/m1/s1. The van der Waals surface area contributed by atoms with Crippen LogP contribution >= 0.6 is 15.9 Å². The molecule has 7 unspecified atom stereocenters. The fraction of sp³-hybridized carbons (Fsp3) is 0.571. The van der Waals surface area contributed by atoms with Crippen LogP contribution in [0.1, 0.15) is 92.9 Å². The van der Waals surface area contributed by atoms with Gasteiger partial charge in [-0.2, -0.15) is 0 Å². The molecule has 4 aliphatic carbocycles. The minimum absolute atomic E-state index is 0.117. The van der Waals surface area contributed by atoms with Crippen molar-refractivity contribution >= 4 is 33.7 Å². The average molecular weight is 622 g/mol. The highest BCUT2D eigenvalue weighted by Gasteiger charge is 2.70. The number of esters is 2. The Morgan fingerprint density at radius 1 is 0.854 bits per heavy atom. The fourth-order valence-corrected chi connectivity index (χ4v) is 10.7. The van der Waals surface area contributed by atoms with Crippen LogP contribution in [-0.2, 0) is 14.3 Å². The Morgan fingerprint density at radius 2 is 1.46 bits per heavy atom. The summed E-state index contributed by atoms with van der Waals surface area (Å²) in [6.45, 7) is 6.60. The molecule has 0 N–H and O–H groups in total. The molecule has 2 aromatic rings. The highest BCUT2D eigenvalue weighted by Crippen LogP contribution is 2.71. The molecule has 4 saturated carbocycles. The lowest BCUT2D eigenvalue weighted by Crippen LogP contribution is -2.67. The van der Waals surface area contributed by atoms with E-state index in [1.54, 1.807) is 24.3 Å². The molecule has 0 heterocycles. The molecule has 5 nitrogen and oxygen atoms in total. The largest absolute Gasteiger partial charge is 0.459 e. The number of carbonyl (C=O) groups is 3. The minimum atomic E-state index is -0.569. The van der Waals surface area contributed by atoms with Gasteiger partial charge in [-0.1, -0.05) is 66.2 Å². The van der Waals surface area contributed by atoms with Gasteiger partial charge in [0.2, 0.25) is 0 Å². The zero-order valence-corrected chi connectivity index (χ0v) is 25.9. The smallest absolute Gasteiger partial charge is 0.338 e. The van der Waals surface area contributed by atoms with Gasteiger partial charge in [-0.05, 0) is 105 Å². The Bertz CT molecular complexity index is 1310. The second-order valence-corrected chi connectivity index (χ2v) is 14.8. The van der Waals surface area contributed by atoms with E-state index < -0.39 is 4.32 Å². The van der Waals surface area contributed by atoms with Crippen LogP contribution in [-0.4, -0.2) is 34.3 Å². The van der Waals surface area contributed by atoms with Crippen LogP contribution in [0.25, 0.3) is 0 Å². The first-order valence-corrected chi connectivity index (χ1v) is 16.1. The average Bonchev–Trinajstić information content (AvgIpc) is 3.31. The van der Waals surface area contributed by atoms with Crippen molar-refractivity contribution in [3.63, 3.8) is 0 Å². The van der Waals surface area contributed by atoms with E-state index in [1.165, 1.54) is 0 Å². The lowest BCUT2D eigenvalue weighted by molar-refractivity contribution is -0.154. The predicted molar refractivity (Wildman–Crippen MR) is 161 cm³/mol. The Hall–Kier alpha value is -2.47. The quantitative estimate of drug-likeness (QED) is 0.252. The van der Waals surface area contributed by atoms with E-state index in [4.69, 9.17) is 9.47 Å². The maximum atomic E-state index is 14.4. The summed E-state index contributed by atoms with van der Waals surface area (Å²) >= 11 is 4.19. The van der Waals surface area contributed by atoms with Crippen LogP contribution in [0.2, 0.25) is 0 Å². The number of ether oxygens (including phenoxy) is 2. The molecular formula is C35H41BrO5. The molecule has 0 aromatic heterocycles. The summed E-state index contributed by atoms with van der Waals surface area (Å²) < 4.78 is 11.4. The van der Waals surface area contributed by atoms with Crippen molar-refractivity contribution in [2.24, 2.45) is 34.5 Å². The SMILES string of the molecule is CC(OC(=O)c1ccccc1)C1CCC2C3CCC4C[C@H](OC(=O)c5ccccc5)CCC4(C)[C@@]3(Br)C(=O)CC12C. The number of fused-ring (bicyclic) bond motifs is 5. The van der Waals surface area contributed by atoms with Crippen LogP contribution in [0, 0.1) is 34.5 Å². The number of alkyl halides is 1. The molecule has 6 rings (SSSR count). The molecule has 0 spiro atoms. The third kappa shape index (κ3) is 4.60.